The summed E-state index contributed by atoms with van der Waals surface area (Å²) in [6, 6.07) is 1.75. The number of hydrogen-bond acceptors (Lipinski definition) is 4. The number of nitrogens with zero attached hydrogens (tertiary/aromatic N) is 3. The zero-order chi connectivity index (χ0) is 15.5. The monoisotopic (exact) mass is 293 g/mol. The molecule has 2 rings (SSSR count). The summed E-state index contributed by atoms with van der Waals surface area (Å²) in [4.78, 5) is 12.6. The van der Waals surface area contributed by atoms with Gasteiger partial charge in [-0.25, -0.2) is 0 Å². The van der Waals surface area contributed by atoms with Crippen LogP contribution in [-0.2, 0) is 6.54 Å². The van der Waals surface area contributed by atoms with Crippen molar-refractivity contribution in [2.24, 2.45) is 10.9 Å². The van der Waals surface area contributed by atoms with Crippen LogP contribution in [0, 0.1) is 6.92 Å². The summed E-state index contributed by atoms with van der Waals surface area (Å²) in [7, 11) is 0. The maximum atomic E-state index is 12.6. The highest BCUT2D eigenvalue weighted by molar-refractivity contribution is 5.99. The van der Waals surface area contributed by atoms with E-state index in [0.29, 0.717) is 25.1 Å². The summed E-state index contributed by atoms with van der Waals surface area (Å²) in [6.07, 6.45) is 4.37. The van der Waals surface area contributed by atoms with Gasteiger partial charge in [-0.15, -0.1) is 0 Å². The second-order valence-corrected chi connectivity index (χ2v) is 5.57. The van der Waals surface area contributed by atoms with Crippen LogP contribution in [-0.4, -0.2) is 32.3 Å². The largest absolute Gasteiger partial charge is 0.409 e. The normalized spacial score (nSPS) is 18.5. The lowest BCUT2D eigenvalue weighted by molar-refractivity contribution is 0.0894. The standard InChI is InChI=1S/C14H23N5O2/c1-3-19-11(9-10(2)17-19)12(20)16-14(13(15)18-21)7-5-4-6-8-14/h9,21H,3-8H2,1-2H3,(H2,15,18)(H,16,20). The van der Waals surface area contributed by atoms with E-state index in [-0.39, 0.29) is 11.7 Å². The van der Waals surface area contributed by atoms with E-state index in [1.165, 1.54) is 0 Å². The van der Waals surface area contributed by atoms with E-state index in [1.54, 1.807) is 10.7 Å². The van der Waals surface area contributed by atoms with Crippen LogP contribution in [0.1, 0.15) is 55.2 Å². The minimum absolute atomic E-state index is 0.0786. The number of hydrogen-bond donors (Lipinski definition) is 3. The van der Waals surface area contributed by atoms with Gasteiger partial charge in [0.05, 0.1) is 5.69 Å². The molecule has 1 heterocycles. The smallest absolute Gasteiger partial charge is 0.270 e. The van der Waals surface area contributed by atoms with Crippen LogP contribution in [0.3, 0.4) is 0 Å². The molecule has 21 heavy (non-hydrogen) atoms. The molecular formula is C14H23N5O2. The quantitative estimate of drug-likeness (QED) is 0.337. The number of nitrogens with one attached hydrogen (secondary N) is 1. The van der Waals surface area contributed by atoms with Crippen molar-refractivity contribution >= 4 is 11.7 Å². The number of amides is 1. The molecule has 1 aliphatic carbocycles. The van der Waals surface area contributed by atoms with Gasteiger partial charge in [0.1, 0.15) is 11.2 Å². The maximum absolute atomic E-state index is 12.6. The highest BCUT2D eigenvalue weighted by Gasteiger charge is 2.38. The minimum Gasteiger partial charge on any atom is -0.409 e. The van der Waals surface area contributed by atoms with Crippen molar-refractivity contribution in [2.75, 3.05) is 0 Å². The van der Waals surface area contributed by atoms with Gasteiger partial charge in [-0.3, -0.25) is 9.48 Å². The van der Waals surface area contributed by atoms with Crippen molar-refractivity contribution in [3.63, 3.8) is 0 Å². The Morgan fingerprint density at radius 3 is 2.76 bits per heavy atom. The summed E-state index contributed by atoms with van der Waals surface area (Å²) in [5.74, 6) is -0.152. The summed E-state index contributed by atoms with van der Waals surface area (Å²) in [5, 5.41) is 19.4. The van der Waals surface area contributed by atoms with Crippen molar-refractivity contribution in [1.82, 2.24) is 15.1 Å². The fraction of sp³-hybridized carbons (Fsp3) is 0.643. The van der Waals surface area contributed by atoms with E-state index < -0.39 is 5.54 Å². The van der Waals surface area contributed by atoms with Crippen molar-refractivity contribution in [3.8, 4) is 0 Å². The lowest BCUT2D eigenvalue weighted by atomic mass is 9.80. The van der Waals surface area contributed by atoms with Crippen LogP contribution in [0.5, 0.6) is 0 Å². The van der Waals surface area contributed by atoms with Gasteiger partial charge in [0.2, 0.25) is 0 Å². The Kier molecular flexibility index (Phi) is 4.50. The number of nitrogens with two attached hydrogens (primary N) is 1. The number of carbonyl (C=O) groups is 1. The molecule has 0 unspecified atom stereocenters. The Labute approximate surface area is 124 Å². The highest BCUT2D eigenvalue weighted by Crippen LogP contribution is 2.29. The van der Waals surface area contributed by atoms with Crippen molar-refractivity contribution in [1.29, 1.82) is 0 Å². The van der Waals surface area contributed by atoms with E-state index >= 15 is 0 Å². The number of rotatable bonds is 4. The molecule has 7 heteroatoms. The summed E-state index contributed by atoms with van der Waals surface area (Å²) >= 11 is 0. The topological polar surface area (TPSA) is 106 Å². The van der Waals surface area contributed by atoms with Gasteiger partial charge in [-0.05, 0) is 32.8 Å². The average Bonchev–Trinajstić information content (AvgIpc) is 2.88. The molecule has 0 aromatic carbocycles. The lowest BCUT2D eigenvalue weighted by Gasteiger charge is -2.36. The second-order valence-electron chi connectivity index (χ2n) is 5.57. The molecule has 0 saturated heterocycles. The first-order chi connectivity index (χ1) is 10.0. The third-order valence-corrected chi connectivity index (χ3v) is 4.09. The molecule has 0 atom stereocenters. The fourth-order valence-corrected chi connectivity index (χ4v) is 2.95. The van der Waals surface area contributed by atoms with Gasteiger partial charge in [0, 0.05) is 6.54 Å². The molecule has 1 saturated carbocycles. The molecule has 0 radical (unpaired) electrons. The molecule has 7 nitrogen and oxygen atoms in total. The third-order valence-electron chi connectivity index (χ3n) is 4.09. The van der Waals surface area contributed by atoms with Crippen LogP contribution < -0.4 is 11.1 Å². The number of oxime groups is 1. The van der Waals surface area contributed by atoms with Gasteiger partial charge in [-0.2, -0.15) is 5.10 Å². The highest BCUT2D eigenvalue weighted by atomic mass is 16.4. The van der Waals surface area contributed by atoms with E-state index in [4.69, 9.17) is 10.9 Å². The average molecular weight is 293 g/mol. The van der Waals surface area contributed by atoms with Crippen LogP contribution in [0.4, 0.5) is 0 Å². The lowest BCUT2D eigenvalue weighted by Crippen LogP contribution is -2.58. The zero-order valence-electron chi connectivity index (χ0n) is 12.6. The predicted molar refractivity (Wildman–Crippen MR) is 79.3 cm³/mol. The van der Waals surface area contributed by atoms with Gasteiger partial charge in [0.15, 0.2) is 5.84 Å². The molecule has 1 amide bonds. The van der Waals surface area contributed by atoms with Crippen LogP contribution in [0.2, 0.25) is 0 Å². The second kappa shape index (κ2) is 6.15. The van der Waals surface area contributed by atoms with Crippen molar-refractivity contribution < 1.29 is 10.0 Å². The number of aryl methyl sites for hydroxylation is 2. The zero-order valence-corrected chi connectivity index (χ0v) is 12.6. The maximum Gasteiger partial charge on any atom is 0.270 e. The summed E-state index contributed by atoms with van der Waals surface area (Å²) in [5.41, 5.74) is 6.40. The Hall–Kier alpha value is -2.05. The van der Waals surface area contributed by atoms with Gasteiger partial charge in [0.25, 0.3) is 5.91 Å². The van der Waals surface area contributed by atoms with E-state index in [9.17, 15) is 4.79 Å². The Morgan fingerprint density at radius 1 is 1.52 bits per heavy atom. The van der Waals surface area contributed by atoms with Gasteiger partial charge in [-0.1, -0.05) is 24.4 Å². The molecule has 0 bridgehead atoms. The van der Waals surface area contributed by atoms with Crippen molar-refractivity contribution in [3.05, 3.63) is 17.5 Å². The Balaban J connectivity index is 2.26. The molecule has 1 aliphatic rings. The Bertz CT molecular complexity index is 544. The molecule has 1 aromatic heterocycles. The Morgan fingerprint density at radius 2 is 2.19 bits per heavy atom. The minimum atomic E-state index is -0.749. The molecule has 0 aliphatic heterocycles. The van der Waals surface area contributed by atoms with Crippen LogP contribution in [0.15, 0.2) is 11.2 Å². The van der Waals surface area contributed by atoms with Gasteiger partial charge < -0.3 is 16.3 Å². The molecular weight excluding hydrogens is 270 g/mol. The van der Waals surface area contributed by atoms with Crippen LogP contribution in [0.25, 0.3) is 0 Å². The molecule has 1 fully saturated rings. The molecule has 116 valence electrons. The molecule has 1 aromatic rings. The van der Waals surface area contributed by atoms with E-state index in [0.717, 1.165) is 25.0 Å². The van der Waals surface area contributed by atoms with Crippen molar-refractivity contribution in [2.45, 2.75) is 58.0 Å². The molecule has 0 spiro atoms. The first-order valence-electron chi connectivity index (χ1n) is 7.37. The first-order valence-corrected chi connectivity index (χ1v) is 7.37. The van der Waals surface area contributed by atoms with Gasteiger partial charge >= 0.3 is 0 Å². The van der Waals surface area contributed by atoms with E-state index in [1.807, 2.05) is 13.8 Å². The SMILES string of the molecule is CCn1nc(C)cc1C(=O)NC1(C(N)=NO)CCCCC1. The first kappa shape index (κ1) is 15.3. The van der Waals surface area contributed by atoms with E-state index in [2.05, 4.69) is 15.6 Å². The fourth-order valence-electron chi connectivity index (χ4n) is 2.95. The van der Waals surface area contributed by atoms with Crippen LogP contribution >= 0.6 is 0 Å². The summed E-state index contributed by atoms with van der Waals surface area (Å²) < 4.78 is 1.66. The number of amidine groups is 1. The number of carbonyl (C=O) groups excluding carboxylic acids is 1. The summed E-state index contributed by atoms with van der Waals surface area (Å²) in [6.45, 7) is 4.40. The predicted octanol–water partition coefficient (Wildman–Crippen LogP) is 1.39. The third kappa shape index (κ3) is 3.01. The number of aromatic nitrogens is 2. The molecule has 4 N–H and O–H groups in total.